The van der Waals surface area contributed by atoms with Crippen LogP contribution in [0.25, 0.3) is 10.9 Å². The number of fused-ring (bicyclic) bond motifs is 5. The van der Waals surface area contributed by atoms with E-state index in [4.69, 9.17) is 0 Å². The number of hydrogen-bond acceptors (Lipinski definition) is 1. The number of aromatic nitrogens is 1. The Labute approximate surface area is 105 Å². The van der Waals surface area contributed by atoms with Crippen LogP contribution in [0.3, 0.4) is 0 Å². The van der Waals surface area contributed by atoms with Crippen molar-refractivity contribution in [2.45, 2.75) is 18.9 Å². The molecule has 0 fully saturated rings. The SMILES string of the molecule is C[C@]12C=CC(=O)N1CCc1c2[nH]c2ccccc12. The monoisotopic (exact) mass is 238 g/mol. The minimum Gasteiger partial charge on any atom is -0.356 e. The molecule has 0 spiro atoms. The zero-order valence-corrected chi connectivity index (χ0v) is 10.2. The lowest BCUT2D eigenvalue weighted by atomic mass is 9.88. The van der Waals surface area contributed by atoms with Crippen LogP contribution in [0, 0.1) is 0 Å². The normalized spacial score (nSPS) is 25.6. The number of H-pyrrole nitrogens is 1. The first-order chi connectivity index (χ1) is 8.70. The molecule has 1 N–H and O–H groups in total. The lowest BCUT2D eigenvalue weighted by Gasteiger charge is -2.39. The van der Waals surface area contributed by atoms with Crippen molar-refractivity contribution in [2.24, 2.45) is 0 Å². The lowest BCUT2D eigenvalue weighted by molar-refractivity contribution is -0.129. The number of amides is 1. The summed E-state index contributed by atoms with van der Waals surface area (Å²) in [4.78, 5) is 17.3. The molecule has 3 heterocycles. The Morgan fingerprint density at radius 2 is 2.17 bits per heavy atom. The van der Waals surface area contributed by atoms with Crippen LogP contribution in [0.1, 0.15) is 18.2 Å². The molecule has 2 aliphatic rings. The number of aromatic amines is 1. The Hall–Kier alpha value is -2.03. The highest BCUT2D eigenvalue weighted by atomic mass is 16.2. The fourth-order valence-electron chi connectivity index (χ4n) is 3.32. The first kappa shape index (κ1) is 9.95. The molecule has 2 aliphatic heterocycles. The summed E-state index contributed by atoms with van der Waals surface area (Å²) in [6, 6.07) is 8.37. The largest absolute Gasteiger partial charge is 0.356 e. The molecule has 3 nitrogen and oxygen atoms in total. The number of nitrogens with one attached hydrogen (secondary N) is 1. The van der Waals surface area contributed by atoms with Crippen LogP contribution in [0.5, 0.6) is 0 Å². The highest BCUT2D eigenvalue weighted by molar-refractivity contribution is 5.93. The maximum Gasteiger partial charge on any atom is 0.247 e. The summed E-state index contributed by atoms with van der Waals surface area (Å²) in [7, 11) is 0. The van der Waals surface area contributed by atoms with Crippen molar-refractivity contribution in [1.29, 1.82) is 0 Å². The van der Waals surface area contributed by atoms with E-state index in [-0.39, 0.29) is 11.4 Å². The minimum atomic E-state index is -0.288. The van der Waals surface area contributed by atoms with Gasteiger partial charge in [0.25, 0.3) is 0 Å². The third kappa shape index (κ3) is 1.02. The van der Waals surface area contributed by atoms with Gasteiger partial charge in [-0.15, -0.1) is 0 Å². The predicted octanol–water partition coefficient (Wildman–Crippen LogP) is 2.34. The summed E-state index contributed by atoms with van der Waals surface area (Å²) in [5.74, 6) is 0.127. The molecule has 0 bridgehead atoms. The molecule has 1 amide bonds. The average molecular weight is 238 g/mol. The van der Waals surface area contributed by atoms with Gasteiger partial charge >= 0.3 is 0 Å². The van der Waals surface area contributed by atoms with E-state index >= 15 is 0 Å². The Bertz CT molecular complexity index is 698. The minimum absolute atomic E-state index is 0.127. The smallest absolute Gasteiger partial charge is 0.247 e. The fraction of sp³-hybridized carbons (Fsp3) is 0.267. The van der Waals surface area contributed by atoms with E-state index in [0.717, 1.165) is 13.0 Å². The summed E-state index contributed by atoms with van der Waals surface area (Å²) < 4.78 is 0. The van der Waals surface area contributed by atoms with Gasteiger partial charge in [0, 0.05) is 29.2 Å². The molecule has 2 aromatic rings. The van der Waals surface area contributed by atoms with E-state index in [1.807, 2.05) is 17.0 Å². The predicted molar refractivity (Wildman–Crippen MR) is 70.2 cm³/mol. The first-order valence-electron chi connectivity index (χ1n) is 6.31. The van der Waals surface area contributed by atoms with Crippen molar-refractivity contribution >= 4 is 16.8 Å². The third-order valence-corrected chi connectivity index (χ3v) is 4.28. The summed E-state index contributed by atoms with van der Waals surface area (Å²) in [5.41, 5.74) is 3.42. The topological polar surface area (TPSA) is 36.1 Å². The van der Waals surface area contributed by atoms with E-state index < -0.39 is 0 Å². The van der Waals surface area contributed by atoms with Crippen LogP contribution in [-0.2, 0) is 16.8 Å². The van der Waals surface area contributed by atoms with E-state index in [1.165, 1.54) is 22.2 Å². The van der Waals surface area contributed by atoms with Crippen LogP contribution in [-0.4, -0.2) is 22.3 Å². The molecule has 0 saturated carbocycles. The standard InChI is InChI=1S/C15H14N2O/c1-15-8-6-13(18)17(15)9-7-11-10-4-2-3-5-12(10)16-14(11)15/h2-6,8,16H,7,9H2,1H3/t15-/m1/s1. The quantitative estimate of drug-likeness (QED) is 0.751. The van der Waals surface area contributed by atoms with Crippen molar-refractivity contribution < 1.29 is 4.79 Å². The first-order valence-corrected chi connectivity index (χ1v) is 6.31. The number of hydrogen-bond donors (Lipinski definition) is 1. The second-order valence-corrected chi connectivity index (χ2v) is 5.24. The van der Waals surface area contributed by atoms with Crippen LogP contribution in [0.4, 0.5) is 0 Å². The van der Waals surface area contributed by atoms with Crippen molar-refractivity contribution in [3.8, 4) is 0 Å². The average Bonchev–Trinajstić information content (AvgIpc) is 2.89. The van der Waals surface area contributed by atoms with Crippen LogP contribution in [0.15, 0.2) is 36.4 Å². The maximum atomic E-state index is 11.9. The Morgan fingerprint density at radius 3 is 3.06 bits per heavy atom. The molecule has 1 aromatic carbocycles. The van der Waals surface area contributed by atoms with E-state index in [0.29, 0.717) is 0 Å². The molecule has 0 saturated heterocycles. The number of nitrogens with zero attached hydrogens (tertiary/aromatic N) is 1. The van der Waals surface area contributed by atoms with Crippen LogP contribution >= 0.6 is 0 Å². The van der Waals surface area contributed by atoms with Crippen molar-refractivity contribution in [3.05, 3.63) is 47.7 Å². The van der Waals surface area contributed by atoms with Gasteiger partial charge in [0.1, 0.15) is 0 Å². The number of rotatable bonds is 0. The van der Waals surface area contributed by atoms with Gasteiger partial charge < -0.3 is 9.88 Å². The molecule has 1 aromatic heterocycles. The van der Waals surface area contributed by atoms with Gasteiger partial charge in [-0.25, -0.2) is 0 Å². The Kier molecular flexibility index (Phi) is 1.68. The summed E-state index contributed by atoms with van der Waals surface area (Å²) in [5, 5.41) is 1.29. The van der Waals surface area contributed by atoms with E-state index in [9.17, 15) is 4.79 Å². The van der Waals surface area contributed by atoms with E-state index in [1.54, 1.807) is 6.08 Å². The lowest BCUT2D eigenvalue weighted by Crippen LogP contribution is -2.46. The molecule has 3 heteroatoms. The molecule has 0 radical (unpaired) electrons. The van der Waals surface area contributed by atoms with Crippen molar-refractivity contribution in [3.63, 3.8) is 0 Å². The van der Waals surface area contributed by atoms with Crippen LogP contribution in [0.2, 0.25) is 0 Å². The van der Waals surface area contributed by atoms with E-state index in [2.05, 4.69) is 30.1 Å². The second kappa shape index (κ2) is 3.05. The second-order valence-electron chi connectivity index (χ2n) is 5.24. The zero-order valence-electron chi connectivity index (χ0n) is 10.2. The Morgan fingerprint density at radius 1 is 1.33 bits per heavy atom. The van der Waals surface area contributed by atoms with Gasteiger partial charge in [-0.05, 0) is 31.1 Å². The van der Waals surface area contributed by atoms with Gasteiger partial charge in [-0.1, -0.05) is 18.2 Å². The molecule has 1 atom stereocenters. The van der Waals surface area contributed by atoms with Gasteiger partial charge in [0.05, 0.1) is 5.54 Å². The molecule has 0 aliphatic carbocycles. The zero-order chi connectivity index (χ0) is 12.3. The number of para-hydroxylation sites is 1. The molecule has 18 heavy (non-hydrogen) atoms. The fourth-order valence-corrected chi connectivity index (χ4v) is 3.32. The molecule has 90 valence electrons. The Balaban J connectivity index is 2.03. The maximum absolute atomic E-state index is 11.9. The molecule has 0 unspecified atom stereocenters. The number of carbonyl (C=O) groups is 1. The third-order valence-electron chi connectivity index (χ3n) is 4.28. The summed E-state index contributed by atoms with van der Waals surface area (Å²) >= 11 is 0. The van der Waals surface area contributed by atoms with Crippen molar-refractivity contribution in [2.75, 3.05) is 6.54 Å². The molecular weight excluding hydrogens is 224 g/mol. The van der Waals surface area contributed by atoms with Gasteiger partial charge in [0.2, 0.25) is 5.91 Å². The molecular formula is C15H14N2O. The highest BCUT2D eigenvalue weighted by Crippen LogP contribution is 2.41. The summed E-state index contributed by atoms with van der Waals surface area (Å²) in [6.45, 7) is 2.92. The van der Waals surface area contributed by atoms with Crippen LogP contribution < -0.4 is 0 Å². The highest BCUT2D eigenvalue weighted by Gasteiger charge is 2.44. The van der Waals surface area contributed by atoms with Crippen molar-refractivity contribution in [1.82, 2.24) is 9.88 Å². The summed E-state index contributed by atoms with van der Waals surface area (Å²) in [6.07, 6.45) is 4.64. The van der Waals surface area contributed by atoms with Gasteiger partial charge in [-0.3, -0.25) is 4.79 Å². The number of carbonyl (C=O) groups excluding carboxylic acids is 1. The number of benzene rings is 1. The molecule has 4 rings (SSSR count). The van der Waals surface area contributed by atoms with Gasteiger partial charge in [0.15, 0.2) is 0 Å². The van der Waals surface area contributed by atoms with Gasteiger partial charge in [-0.2, -0.15) is 0 Å².